The average molecular weight is 339 g/mol. The number of thiazole rings is 1. The van der Waals surface area contributed by atoms with E-state index in [1.807, 2.05) is 0 Å². The van der Waals surface area contributed by atoms with Crippen molar-refractivity contribution in [3.05, 3.63) is 41.4 Å². The molecule has 118 valence electrons. The molecule has 3 rings (SSSR count). The minimum Gasteiger partial charge on any atom is -0.385 e. The lowest BCUT2D eigenvalue weighted by atomic mass is 9.85. The number of aromatic nitrogens is 1. The summed E-state index contributed by atoms with van der Waals surface area (Å²) in [5, 5.41) is 15.9. The number of benzene rings is 1. The van der Waals surface area contributed by atoms with Crippen LogP contribution in [0.4, 0.5) is 5.13 Å². The molecule has 0 aliphatic carbocycles. The van der Waals surface area contributed by atoms with Crippen molar-refractivity contribution in [2.45, 2.75) is 23.3 Å². The topological polar surface area (TPSA) is 91.3 Å². The number of aliphatic hydroxyl groups is 1. The van der Waals surface area contributed by atoms with Crippen LogP contribution in [0.15, 0.2) is 40.7 Å². The van der Waals surface area contributed by atoms with Gasteiger partial charge >= 0.3 is 0 Å². The molecule has 1 aliphatic heterocycles. The highest BCUT2D eigenvalue weighted by Gasteiger charge is 2.31. The summed E-state index contributed by atoms with van der Waals surface area (Å²) < 4.78 is 26.9. The fourth-order valence-corrected chi connectivity index (χ4v) is 4.31. The van der Waals surface area contributed by atoms with Crippen molar-refractivity contribution >= 4 is 26.5 Å². The van der Waals surface area contributed by atoms with Crippen LogP contribution in [0.3, 0.4) is 0 Å². The van der Waals surface area contributed by atoms with E-state index in [9.17, 15) is 13.5 Å². The Hall–Kier alpha value is -1.48. The van der Waals surface area contributed by atoms with Gasteiger partial charge in [-0.1, -0.05) is 12.1 Å². The Kier molecular flexibility index (Phi) is 4.18. The van der Waals surface area contributed by atoms with Gasteiger partial charge in [0.05, 0.1) is 10.5 Å². The first-order valence-corrected chi connectivity index (χ1v) is 9.32. The monoisotopic (exact) mass is 339 g/mol. The maximum absolute atomic E-state index is 12.3. The summed E-state index contributed by atoms with van der Waals surface area (Å²) in [6.45, 7) is 1.50. The molecule has 0 unspecified atom stereocenters. The van der Waals surface area contributed by atoms with Gasteiger partial charge in [0.15, 0.2) is 5.13 Å². The van der Waals surface area contributed by atoms with E-state index in [0.717, 1.165) is 18.7 Å². The van der Waals surface area contributed by atoms with Gasteiger partial charge in [0.1, 0.15) is 0 Å². The number of anilines is 1. The van der Waals surface area contributed by atoms with Gasteiger partial charge in [-0.05, 0) is 43.6 Å². The second-order valence-corrected chi connectivity index (χ2v) is 7.83. The Morgan fingerprint density at radius 1 is 1.23 bits per heavy atom. The largest absolute Gasteiger partial charge is 0.385 e. The summed E-state index contributed by atoms with van der Waals surface area (Å²) in [7, 11) is -3.65. The molecule has 1 aliphatic rings. The molecular formula is C14H17N3O3S2. The summed E-state index contributed by atoms with van der Waals surface area (Å²) in [5.41, 5.74) is -0.127. The highest BCUT2D eigenvalue weighted by Crippen LogP contribution is 2.31. The molecule has 3 N–H and O–H groups in total. The van der Waals surface area contributed by atoms with Crippen molar-refractivity contribution in [3.63, 3.8) is 0 Å². The predicted molar refractivity (Wildman–Crippen MR) is 85.4 cm³/mol. The van der Waals surface area contributed by atoms with Gasteiger partial charge in [-0.15, -0.1) is 11.3 Å². The zero-order valence-corrected chi connectivity index (χ0v) is 13.5. The molecule has 2 aromatic rings. The number of nitrogens with one attached hydrogen (secondary N) is 2. The first kappa shape index (κ1) is 15.4. The highest BCUT2D eigenvalue weighted by molar-refractivity contribution is 7.93. The third-order valence-corrected chi connectivity index (χ3v) is 5.96. The van der Waals surface area contributed by atoms with Crippen LogP contribution in [-0.4, -0.2) is 31.6 Å². The van der Waals surface area contributed by atoms with Crippen molar-refractivity contribution < 1.29 is 13.5 Å². The van der Waals surface area contributed by atoms with E-state index in [-0.39, 0.29) is 4.90 Å². The van der Waals surface area contributed by atoms with Gasteiger partial charge in [0.2, 0.25) is 0 Å². The average Bonchev–Trinajstić information content (AvgIpc) is 3.00. The maximum Gasteiger partial charge on any atom is 0.263 e. The van der Waals surface area contributed by atoms with E-state index in [2.05, 4.69) is 15.0 Å². The van der Waals surface area contributed by atoms with Crippen molar-refractivity contribution in [2.75, 3.05) is 17.8 Å². The molecule has 1 fully saturated rings. The van der Waals surface area contributed by atoms with Crippen LogP contribution in [0.25, 0.3) is 0 Å². The van der Waals surface area contributed by atoms with Crippen molar-refractivity contribution in [1.82, 2.24) is 10.3 Å². The molecule has 1 saturated heterocycles. The van der Waals surface area contributed by atoms with Crippen molar-refractivity contribution in [1.29, 1.82) is 0 Å². The Bertz CT molecular complexity index is 721. The molecule has 1 aromatic carbocycles. The van der Waals surface area contributed by atoms with E-state index >= 15 is 0 Å². The summed E-state index contributed by atoms with van der Waals surface area (Å²) in [6, 6.07) is 6.40. The van der Waals surface area contributed by atoms with E-state index < -0.39 is 15.6 Å². The third-order valence-electron chi connectivity index (χ3n) is 3.79. The molecular weight excluding hydrogens is 322 g/mol. The second kappa shape index (κ2) is 5.96. The van der Waals surface area contributed by atoms with Crippen molar-refractivity contribution in [2.24, 2.45) is 0 Å². The van der Waals surface area contributed by atoms with Crippen LogP contribution in [0.1, 0.15) is 18.4 Å². The smallest absolute Gasteiger partial charge is 0.263 e. The Labute approximate surface area is 133 Å². The van der Waals surface area contributed by atoms with E-state index in [4.69, 9.17) is 0 Å². The lowest BCUT2D eigenvalue weighted by Crippen LogP contribution is -2.39. The number of hydrogen-bond acceptors (Lipinski definition) is 6. The molecule has 0 radical (unpaired) electrons. The molecule has 2 heterocycles. The second-order valence-electron chi connectivity index (χ2n) is 5.25. The summed E-state index contributed by atoms with van der Waals surface area (Å²) >= 11 is 1.22. The fraction of sp³-hybridized carbons (Fsp3) is 0.357. The minimum absolute atomic E-state index is 0.156. The number of piperidine rings is 1. The van der Waals surface area contributed by atoms with Gasteiger partial charge in [-0.25, -0.2) is 13.4 Å². The number of sulfonamides is 1. The van der Waals surface area contributed by atoms with E-state index in [0.29, 0.717) is 18.0 Å². The lowest BCUT2D eigenvalue weighted by molar-refractivity contribution is 0.00589. The normalized spacial score (nSPS) is 18.0. The number of rotatable bonds is 4. The minimum atomic E-state index is -3.65. The van der Waals surface area contributed by atoms with Gasteiger partial charge in [0.25, 0.3) is 10.0 Å². The van der Waals surface area contributed by atoms with Gasteiger partial charge < -0.3 is 10.4 Å². The summed E-state index contributed by atoms with van der Waals surface area (Å²) in [4.78, 5) is 4.07. The molecule has 0 saturated carbocycles. The standard InChI is InChI=1S/C14H17N3O3S2/c18-14(5-7-15-8-6-14)11-1-3-12(4-2-11)22(19,20)17-13-16-9-10-21-13/h1-4,9-10,15,18H,5-8H2,(H,16,17). The molecule has 1 aromatic heterocycles. The molecule has 8 heteroatoms. The first-order valence-electron chi connectivity index (χ1n) is 6.96. The first-order chi connectivity index (χ1) is 10.5. The number of hydrogen-bond donors (Lipinski definition) is 3. The van der Waals surface area contributed by atoms with Gasteiger partial charge in [-0.2, -0.15) is 0 Å². The van der Waals surface area contributed by atoms with Crippen molar-refractivity contribution in [3.8, 4) is 0 Å². The van der Waals surface area contributed by atoms with Gasteiger partial charge in [0, 0.05) is 11.6 Å². The predicted octanol–water partition coefficient (Wildman–Crippen LogP) is 1.51. The zero-order chi connectivity index (χ0) is 15.6. The van der Waals surface area contributed by atoms with Crippen LogP contribution in [0, 0.1) is 0 Å². The molecule has 6 nitrogen and oxygen atoms in total. The fourth-order valence-electron chi connectivity index (χ4n) is 2.52. The zero-order valence-electron chi connectivity index (χ0n) is 11.8. The Balaban J connectivity index is 1.81. The SMILES string of the molecule is O=S(=O)(Nc1nccs1)c1ccc(C2(O)CCNCC2)cc1. The van der Waals surface area contributed by atoms with Crippen LogP contribution in [0.2, 0.25) is 0 Å². The molecule has 0 amide bonds. The molecule has 0 bridgehead atoms. The highest BCUT2D eigenvalue weighted by atomic mass is 32.2. The maximum atomic E-state index is 12.3. The molecule has 22 heavy (non-hydrogen) atoms. The summed E-state index contributed by atoms with van der Waals surface area (Å²) in [5.74, 6) is 0. The van der Waals surface area contributed by atoms with Gasteiger partial charge in [-0.3, -0.25) is 4.72 Å². The third kappa shape index (κ3) is 3.14. The van der Waals surface area contributed by atoms with Crippen LogP contribution in [0.5, 0.6) is 0 Å². The van der Waals surface area contributed by atoms with E-state index in [1.165, 1.54) is 29.7 Å². The quantitative estimate of drug-likeness (QED) is 0.785. The summed E-state index contributed by atoms with van der Waals surface area (Å²) in [6.07, 6.45) is 2.78. The molecule has 0 spiro atoms. The van der Waals surface area contributed by atoms with E-state index in [1.54, 1.807) is 17.5 Å². The Morgan fingerprint density at radius 2 is 1.91 bits per heavy atom. The van der Waals surface area contributed by atoms with Crippen LogP contribution >= 0.6 is 11.3 Å². The molecule has 0 atom stereocenters. The lowest BCUT2D eigenvalue weighted by Gasteiger charge is -2.33. The van der Waals surface area contributed by atoms with Crippen LogP contribution in [-0.2, 0) is 15.6 Å². The number of nitrogens with zero attached hydrogens (tertiary/aromatic N) is 1. The van der Waals surface area contributed by atoms with Crippen LogP contribution < -0.4 is 10.0 Å². The Morgan fingerprint density at radius 3 is 2.50 bits per heavy atom.